The predicted molar refractivity (Wildman–Crippen MR) is 111 cm³/mol. The van der Waals surface area contributed by atoms with Crippen LogP contribution in [0.5, 0.6) is 5.75 Å². The molecule has 148 valence electrons. The molecule has 1 unspecified atom stereocenters. The van der Waals surface area contributed by atoms with Gasteiger partial charge in [0, 0.05) is 30.9 Å². The summed E-state index contributed by atoms with van der Waals surface area (Å²) in [6.07, 6.45) is 1.46. The van der Waals surface area contributed by atoms with Gasteiger partial charge in [0.25, 0.3) is 0 Å². The lowest BCUT2D eigenvalue weighted by Gasteiger charge is -2.24. The molecule has 0 saturated carbocycles. The summed E-state index contributed by atoms with van der Waals surface area (Å²) in [6.45, 7) is 3.74. The molecule has 2 amide bonds. The van der Waals surface area contributed by atoms with Crippen molar-refractivity contribution in [3.63, 3.8) is 0 Å². The van der Waals surface area contributed by atoms with E-state index in [-0.39, 0.29) is 17.9 Å². The molecule has 0 aromatic heterocycles. The van der Waals surface area contributed by atoms with Crippen molar-refractivity contribution in [1.29, 1.82) is 0 Å². The molecular formula is C22H27N3O3. The van der Waals surface area contributed by atoms with Crippen LogP contribution < -0.4 is 15.0 Å². The van der Waals surface area contributed by atoms with Crippen molar-refractivity contribution in [2.24, 2.45) is 0 Å². The van der Waals surface area contributed by atoms with Crippen LogP contribution in [0.25, 0.3) is 0 Å². The van der Waals surface area contributed by atoms with E-state index in [1.807, 2.05) is 73.5 Å². The summed E-state index contributed by atoms with van der Waals surface area (Å²) in [5.74, 6) is 0.864. The fourth-order valence-electron chi connectivity index (χ4n) is 3.14. The second-order valence-electron chi connectivity index (χ2n) is 7.01. The van der Waals surface area contributed by atoms with Crippen molar-refractivity contribution in [3.05, 3.63) is 54.6 Å². The zero-order valence-electron chi connectivity index (χ0n) is 16.4. The number of ether oxygens (including phenoxy) is 1. The van der Waals surface area contributed by atoms with Gasteiger partial charge >= 0.3 is 0 Å². The standard InChI is InChI=1S/C22H27N3O3/c1-17(24(2)14-15-28-20-10-4-3-5-11-20)22(27)23-18-8-6-9-19(16-18)25-13-7-12-21(25)26/h3-6,8-11,16-17H,7,12-15H2,1-2H3,(H,23,27). The highest BCUT2D eigenvalue weighted by molar-refractivity contribution is 5.98. The average molecular weight is 381 g/mol. The predicted octanol–water partition coefficient (Wildman–Crippen LogP) is 3.15. The fourth-order valence-corrected chi connectivity index (χ4v) is 3.14. The summed E-state index contributed by atoms with van der Waals surface area (Å²) in [5.41, 5.74) is 1.53. The van der Waals surface area contributed by atoms with E-state index in [2.05, 4.69) is 5.32 Å². The van der Waals surface area contributed by atoms with E-state index in [0.717, 1.165) is 24.4 Å². The van der Waals surface area contributed by atoms with Crippen LogP contribution in [-0.4, -0.2) is 49.5 Å². The molecule has 3 rings (SSSR count). The fraction of sp³-hybridized carbons (Fsp3) is 0.364. The Bertz CT molecular complexity index is 810. The summed E-state index contributed by atoms with van der Waals surface area (Å²) in [5, 5.41) is 2.95. The number of benzene rings is 2. The highest BCUT2D eigenvalue weighted by Gasteiger charge is 2.22. The molecule has 2 aromatic rings. The van der Waals surface area contributed by atoms with Gasteiger partial charge in [0.15, 0.2) is 0 Å². The lowest BCUT2D eigenvalue weighted by atomic mass is 10.2. The third-order valence-corrected chi connectivity index (χ3v) is 5.00. The van der Waals surface area contributed by atoms with E-state index in [0.29, 0.717) is 25.3 Å². The Morgan fingerprint density at radius 3 is 2.71 bits per heavy atom. The quantitative estimate of drug-likeness (QED) is 0.763. The van der Waals surface area contributed by atoms with Crippen molar-refractivity contribution < 1.29 is 14.3 Å². The minimum Gasteiger partial charge on any atom is -0.492 e. The maximum Gasteiger partial charge on any atom is 0.241 e. The molecule has 1 aliphatic heterocycles. The molecule has 1 atom stereocenters. The molecule has 0 spiro atoms. The number of nitrogens with zero attached hydrogens (tertiary/aromatic N) is 2. The maximum absolute atomic E-state index is 12.6. The second kappa shape index (κ2) is 9.37. The highest BCUT2D eigenvalue weighted by Crippen LogP contribution is 2.24. The number of carbonyl (C=O) groups excluding carboxylic acids is 2. The van der Waals surface area contributed by atoms with Crippen LogP contribution in [0.4, 0.5) is 11.4 Å². The van der Waals surface area contributed by atoms with Crippen LogP contribution >= 0.6 is 0 Å². The second-order valence-corrected chi connectivity index (χ2v) is 7.01. The first kappa shape index (κ1) is 19.9. The molecule has 6 heteroatoms. The van der Waals surface area contributed by atoms with Gasteiger partial charge in [-0.25, -0.2) is 0 Å². The van der Waals surface area contributed by atoms with Gasteiger partial charge in [0.1, 0.15) is 12.4 Å². The van der Waals surface area contributed by atoms with Crippen LogP contribution in [0.3, 0.4) is 0 Å². The Labute approximate surface area is 166 Å². The lowest BCUT2D eigenvalue weighted by molar-refractivity contribution is -0.120. The summed E-state index contributed by atoms with van der Waals surface area (Å²) in [4.78, 5) is 28.3. The Hall–Kier alpha value is -2.86. The topological polar surface area (TPSA) is 61.9 Å². The largest absolute Gasteiger partial charge is 0.492 e. The van der Waals surface area contributed by atoms with Crippen LogP contribution in [0, 0.1) is 0 Å². The van der Waals surface area contributed by atoms with Gasteiger partial charge in [-0.3, -0.25) is 14.5 Å². The number of carbonyl (C=O) groups is 2. The molecule has 1 N–H and O–H groups in total. The van der Waals surface area contributed by atoms with Crippen LogP contribution in [-0.2, 0) is 9.59 Å². The molecule has 28 heavy (non-hydrogen) atoms. The van der Waals surface area contributed by atoms with E-state index < -0.39 is 0 Å². The summed E-state index contributed by atoms with van der Waals surface area (Å²) in [6, 6.07) is 16.8. The van der Waals surface area contributed by atoms with E-state index >= 15 is 0 Å². The Balaban J connectivity index is 1.51. The molecule has 1 heterocycles. The van der Waals surface area contributed by atoms with Gasteiger partial charge < -0.3 is 15.0 Å². The molecule has 0 bridgehead atoms. The summed E-state index contributed by atoms with van der Waals surface area (Å²) in [7, 11) is 1.90. The van der Waals surface area contributed by atoms with Gasteiger partial charge in [0.05, 0.1) is 6.04 Å². The maximum atomic E-state index is 12.6. The molecule has 1 aliphatic rings. The lowest BCUT2D eigenvalue weighted by Crippen LogP contribution is -2.41. The number of rotatable bonds is 8. The van der Waals surface area contributed by atoms with Crippen molar-refractivity contribution in [2.75, 3.05) is 37.0 Å². The molecular weight excluding hydrogens is 354 g/mol. The molecule has 0 aliphatic carbocycles. The smallest absolute Gasteiger partial charge is 0.241 e. The number of para-hydroxylation sites is 1. The molecule has 6 nitrogen and oxygen atoms in total. The first-order valence-electron chi connectivity index (χ1n) is 9.64. The minimum atomic E-state index is -0.309. The van der Waals surface area contributed by atoms with Gasteiger partial charge in [-0.1, -0.05) is 24.3 Å². The van der Waals surface area contributed by atoms with Gasteiger partial charge in [0.2, 0.25) is 11.8 Å². The van der Waals surface area contributed by atoms with E-state index in [1.165, 1.54) is 0 Å². The summed E-state index contributed by atoms with van der Waals surface area (Å²) >= 11 is 0. The van der Waals surface area contributed by atoms with Crippen molar-refractivity contribution in [3.8, 4) is 5.75 Å². The third kappa shape index (κ3) is 5.10. The number of nitrogens with one attached hydrogen (secondary N) is 1. The van der Waals surface area contributed by atoms with Gasteiger partial charge in [-0.05, 0) is 50.7 Å². The van der Waals surface area contributed by atoms with E-state index in [1.54, 1.807) is 4.90 Å². The van der Waals surface area contributed by atoms with E-state index in [4.69, 9.17) is 4.74 Å². The Kier molecular flexibility index (Phi) is 6.66. The van der Waals surface area contributed by atoms with E-state index in [9.17, 15) is 9.59 Å². The van der Waals surface area contributed by atoms with Crippen LogP contribution in [0.1, 0.15) is 19.8 Å². The normalized spacial score (nSPS) is 15.0. The number of anilines is 2. The van der Waals surface area contributed by atoms with Crippen molar-refractivity contribution in [2.45, 2.75) is 25.8 Å². The van der Waals surface area contributed by atoms with Gasteiger partial charge in [-0.2, -0.15) is 0 Å². The van der Waals surface area contributed by atoms with Crippen LogP contribution in [0.2, 0.25) is 0 Å². The van der Waals surface area contributed by atoms with Crippen molar-refractivity contribution in [1.82, 2.24) is 4.90 Å². The first-order chi connectivity index (χ1) is 13.5. The molecule has 1 saturated heterocycles. The van der Waals surface area contributed by atoms with Crippen LogP contribution in [0.15, 0.2) is 54.6 Å². The highest BCUT2D eigenvalue weighted by atomic mass is 16.5. The monoisotopic (exact) mass is 381 g/mol. The SMILES string of the molecule is CC(C(=O)Nc1cccc(N2CCCC2=O)c1)N(C)CCOc1ccccc1. The third-order valence-electron chi connectivity index (χ3n) is 5.00. The molecule has 0 radical (unpaired) electrons. The number of hydrogen-bond donors (Lipinski definition) is 1. The van der Waals surface area contributed by atoms with Crippen molar-refractivity contribution >= 4 is 23.2 Å². The number of hydrogen-bond acceptors (Lipinski definition) is 4. The summed E-state index contributed by atoms with van der Waals surface area (Å²) < 4.78 is 5.70. The Morgan fingerprint density at radius 2 is 2.00 bits per heavy atom. The van der Waals surface area contributed by atoms with Gasteiger partial charge in [-0.15, -0.1) is 0 Å². The number of amides is 2. The zero-order chi connectivity index (χ0) is 19.9. The minimum absolute atomic E-state index is 0.0906. The first-order valence-corrected chi connectivity index (χ1v) is 9.64. The number of likely N-dealkylation sites (N-methyl/N-ethyl adjacent to an activating group) is 1. The molecule has 1 fully saturated rings. The average Bonchev–Trinajstić information content (AvgIpc) is 3.14. The zero-order valence-corrected chi connectivity index (χ0v) is 16.4. The Morgan fingerprint density at radius 1 is 1.21 bits per heavy atom. The molecule has 2 aromatic carbocycles.